The lowest BCUT2D eigenvalue weighted by atomic mass is 9.82. The van der Waals surface area contributed by atoms with Crippen molar-refractivity contribution in [2.75, 3.05) is 4.90 Å². The molecule has 11 rings (SSSR count). The highest BCUT2D eigenvalue weighted by molar-refractivity contribution is 6.22. The molecule has 0 saturated carbocycles. The Hall–Kier alpha value is -6.58. The predicted molar refractivity (Wildman–Crippen MR) is 216 cm³/mol. The van der Waals surface area contributed by atoms with Crippen LogP contribution in [-0.4, -0.2) is 0 Å². The van der Waals surface area contributed by atoms with Gasteiger partial charge in [-0.15, -0.1) is 0 Å². The first-order valence-electron chi connectivity index (χ1n) is 17.9. The molecule has 52 heavy (non-hydrogen) atoms. The Morgan fingerprint density at radius 3 is 1.96 bits per heavy atom. The summed E-state index contributed by atoms with van der Waals surface area (Å²) in [6.45, 7) is 4.68. The molecule has 0 radical (unpaired) electrons. The molecule has 3 nitrogen and oxygen atoms in total. The summed E-state index contributed by atoms with van der Waals surface area (Å²) < 4.78 is 13.5. The minimum atomic E-state index is -0.102. The van der Waals surface area contributed by atoms with E-state index in [2.05, 4.69) is 170 Å². The van der Waals surface area contributed by atoms with Crippen LogP contribution in [-0.2, 0) is 5.41 Å². The maximum atomic E-state index is 6.88. The van der Waals surface area contributed by atoms with Crippen LogP contribution in [0.4, 0.5) is 17.1 Å². The summed E-state index contributed by atoms with van der Waals surface area (Å²) in [7, 11) is 0. The molecule has 246 valence electrons. The van der Waals surface area contributed by atoms with Gasteiger partial charge in [-0.3, -0.25) is 0 Å². The average Bonchev–Trinajstić information content (AvgIpc) is 3.82. The Morgan fingerprint density at radius 1 is 0.404 bits per heavy atom. The highest BCUT2D eigenvalue weighted by Gasteiger charge is 2.35. The molecule has 8 aromatic carbocycles. The van der Waals surface area contributed by atoms with Crippen LogP contribution in [0.1, 0.15) is 25.0 Å². The van der Waals surface area contributed by atoms with Crippen molar-refractivity contribution in [3.05, 3.63) is 175 Å². The van der Waals surface area contributed by atoms with Crippen LogP contribution in [0.2, 0.25) is 0 Å². The monoisotopic (exact) mass is 667 g/mol. The Morgan fingerprint density at radius 2 is 1.06 bits per heavy atom. The molecule has 0 atom stereocenters. The second-order valence-corrected chi connectivity index (χ2v) is 14.5. The fourth-order valence-electron chi connectivity index (χ4n) is 8.77. The van der Waals surface area contributed by atoms with E-state index >= 15 is 0 Å². The van der Waals surface area contributed by atoms with E-state index in [-0.39, 0.29) is 5.41 Å². The minimum absolute atomic E-state index is 0.102. The molecule has 2 aromatic heterocycles. The van der Waals surface area contributed by atoms with E-state index in [1.807, 2.05) is 12.1 Å². The molecule has 0 bridgehead atoms. The lowest BCUT2D eigenvalue weighted by molar-refractivity contribution is 0.660. The molecule has 0 spiro atoms. The lowest BCUT2D eigenvalue weighted by Gasteiger charge is -2.28. The number of para-hydroxylation sites is 3. The average molecular weight is 668 g/mol. The molecule has 0 saturated heterocycles. The first-order valence-corrected chi connectivity index (χ1v) is 17.9. The van der Waals surface area contributed by atoms with Gasteiger partial charge in [-0.05, 0) is 87.6 Å². The summed E-state index contributed by atoms with van der Waals surface area (Å²) in [4.78, 5) is 2.37. The van der Waals surface area contributed by atoms with E-state index in [1.54, 1.807) is 0 Å². The number of anilines is 3. The van der Waals surface area contributed by atoms with E-state index < -0.39 is 0 Å². The van der Waals surface area contributed by atoms with Crippen molar-refractivity contribution in [2.24, 2.45) is 0 Å². The predicted octanol–water partition coefficient (Wildman–Crippen LogP) is 14.1. The molecule has 0 aliphatic heterocycles. The summed E-state index contributed by atoms with van der Waals surface area (Å²) >= 11 is 0. The Kier molecular flexibility index (Phi) is 6.01. The summed E-state index contributed by atoms with van der Waals surface area (Å²) in [5, 5.41) is 6.67. The summed E-state index contributed by atoms with van der Waals surface area (Å²) in [5.74, 6) is 0. The first kappa shape index (κ1) is 29.2. The third-order valence-electron chi connectivity index (χ3n) is 11.2. The zero-order chi connectivity index (χ0) is 34.6. The topological polar surface area (TPSA) is 29.5 Å². The van der Waals surface area contributed by atoms with Crippen LogP contribution in [0.5, 0.6) is 0 Å². The van der Waals surface area contributed by atoms with Crippen molar-refractivity contribution in [1.29, 1.82) is 0 Å². The smallest absolute Gasteiger partial charge is 0.144 e. The quantitative estimate of drug-likeness (QED) is 0.187. The molecule has 0 fully saturated rings. The van der Waals surface area contributed by atoms with Crippen LogP contribution >= 0.6 is 0 Å². The van der Waals surface area contributed by atoms with E-state index in [0.717, 1.165) is 82.8 Å². The van der Waals surface area contributed by atoms with Crippen molar-refractivity contribution >= 4 is 71.7 Å². The van der Waals surface area contributed by atoms with Gasteiger partial charge < -0.3 is 13.7 Å². The molecule has 1 aliphatic rings. The fourth-order valence-corrected chi connectivity index (χ4v) is 8.77. The maximum Gasteiger partial charge on any atom is 0.144 e. The number of rotatable bonds is 4. The van der Waals surface area contributed by atoms with Crippen LogP contribution < -0.4 is 4.90 Å². The number of hydrogen-bond acceptors (Lipinski definition) is 3. The Balaban J connectivity index is 1.15. The largest absolute Gasteiger partial charge is 0.455 e. The zero-order valence-electron chi connectivity index (χ0n) is 28.9. The third kappa shape index (κ3) is 4.08. The highest BCUT2D eigenvalue weighted by atomic mass is 16.3. The summed E-state index contributed by atoms with van der Waals surface area (Å²) in [6, 6.07) is 58.6. The van der Waals surface area contributed by atoms with Crippen molar-refractivity contribution in [1.82, 2.24) is 0 Å². The SMILES string of the molecule is CC1(C)c2ccccc2-c2ccc(N(c3ccccc3)c3ccc4oc5c(-c6cccc7c6oc6ccccc67)c6ccccc6cc5c4c3)cc21. The first-order chi connectivity index (χ1) is 25.5. The van der Waals surface area contributed by atoms with Gasteiger partial charge in [0.1, 0.15) is 22.3 Å². The molecule has 1 aliphatic carbocycles. The Labute approximate surface area is 301 Å². The highest BCUT2D eigenvalue weighted by Crippen LogP contribution is 2.51. The molecule has 10 aromatic rings. The van der Waals surface area contributed by atoms with Gasteiger partial charge in [0.2, 0.25) is 0 Å². The number of nitrogens with zero attached hydrogens (tertiary/aromatic N) is 1. The van der Waals surface area contributed by atoms with E-state index in [1.165, 1.54) is 22.3 Å². The van der Waals surface area contributed by atoms with Gasteiger partial charge in [-0.1, -0.05) is 123 Å². The molecular weight excluding hydrogens is 635 g/mol. The third-order valence-corrected chi connectivity index (χ3v) is 11.2. The standard InChI is InChI=1S/C49H33NO2/c1-49(2)42-21-10-8-17-35(42)36-25-23-33(29-43(36)49)50(31-14-4-3-5-15-31)32-24-26-45-40(28-32)41-27-30-13-6-7-16-34(30)46(48(41)52-45)39-20-12-19-38-37-18-9-11-22-44(37)51-47(38)39/h3-29H,1-2H3. The molecule has 0 unspecified atom stereocenters. The number of fused-ring (bicyclic) bond motifs is 10. The van der Waals surface area contributed by atoms with Crippen molar-refractivity contribution in [2.45, 2.75) is 19.3 Å². The van der Waals surface area contributed by atoms with Crippen LogP contribution in [0, 0.1) is 0 Å². The van der Waals surface area contributed by atoms with Gasteiger partial charge >= 0.3 is 0 Å². The van der Waals surface area contributed by atoms with Crippen LogP contribution in [0.25, 0.3) is 76.9 Å². The van der Waals surface area contributed by atoms with Crippen molar-refractivity contribution in [3.63, 3.8) is 0 Å². The molecule has 2 heterocycles. The maximum absolute atomic E-state index is 6.88. The second kappa shape index (κ2) is 10.7. The number of hydrogen-bond donors (Lipinski definition) is 0. The summed E-state index contributed by atoms with van der Waals surface area (Å²) in [5.41, 5.74) is 14.1. The van der Waals surface area contributed by atoms with Gasteiger partial charge in [0.25, 0.3) is 0 Å². The van der Waals surface area contributed by atoms with Crippen LogP contribution in [0.15, 0.2) is 173 Å². The normalized spacial score (nSPS) is 13.3. The van der Waals surface area contributed by atoms with Gasteiger partial charge in [-0.2, -0.15) is 0 Å². The van der Waals surface area contributed by atoms with Gasteiger partial charge in [-0.25, -0.2) is 0 Å². The van der Waals surface area contributed by atoms with Crippen molar-refractivity contribution in [3.8, 4) is 22.3 Å². The number of furan rings is 2. The molecular formula is C49H33NO2. The molecule has 0 N–H and O–H groups in total. The van der Waals surface area contributed by atoms with E-state index in [0.29, 0.717) is 0 Å². The van der Waals surface area contributed by atoms with E-state index in [9.17, 15) is 0 Å². The minimum Gasteiger partial charge on any atom is -0.455 e. The molecule has 0 amide bonds. The van der Waals surface area contributed by atoms with Crippen molar-refractivity contribution < 1.29 is 8.83 Å². The Bertz CT molecular complexity index is 3050. The van der Waals surface area contributed by atoms with Crippen LogP contribution in [0.3, 0.4) is 0 Å². The van der Waals surface area contributed by atoms with Gasteiger partial charge in [0, 0.05) is 55.1 Å². The zero-order valence-corrected chi connectivity index (χ0v) is 28.9. The van der Waals surface area contributed by atoms with Gasteiger partial charge in [0.05, 0.1) is 0 Å². The summed E-state index contributed by atoms with van der Waals surface area (Å²) in [6.07, 6.45) is 0. The number of benzene rings is 8. The fraction of sp³-hybridized carbons (Fsp3) is 0.0612. The second-order valence-electron chi connectivity index (χ2n) is 14.5. The van der Waals surface area contributed by atoms with Gasteiger partial charge in [0.15, 0.2) is 0 Å². The molecule has 3 heteroatoms. The lowest BCUT2D eigenvalue weighted by Crippen LogP contribution is -2.16. The van der Waals surface area contributed by atoms with E-state index in [4.69, 9.17) is 8.83 Å².